The lowest BCUT2D eigenvalue weighted by molar-refractivity contribution is 0.568. The lowest BCUT2D eigenvalue weighted by Gasteiger charge is -2.17. The topological polar surface area (TPSA) is 52.8 Å². The molecule has 0 saturated carbocycles. The summed E-state index contributed by atoms with van der Waals surface area (Å²) in [5.74, 6) is 1.48. The molecule has 0 N–H and O–H groups in total. The van der Waals surface area contributed by atoms with E-state index < -0.39 is 0 Å². The lowest BCUT2D eigenvalue weighted by Crippen LogP contribution is -2.22. The van der Waals surface area contributed by atoms with E-state index in [1.165, 1.54) is 12.8 Å². The van der Waals surface area contributed by atoms with Crippen molar-refractivity contribution < 1.29 is 0 Å². The number of rotatable bonds is 2. The van der Waals surface area contributed by atoms with E-state index in [9.17, 15) is 0 Å². The quantitative estimate of drug-likeness (QED) is 0.730. The van der Waals surface area contributed by atoms with Crippen molar-refractivity contribution in [2.45, 2.75) is 19.8 Å². The van der Waals surface area contributed by atoms with Crippen molar-refractivity contribution in [3.8, 4) is 6.07 Å². The van der Waals surface area contributed by atoms with Crippen LogP contribution in [0.25, 0.3) is 0 Å². The molecular formula is C11H14N4. The Morgan fingerprint density at radius 3 is 3.20 bits per heavy atom. The zero-order valence-electron chi connectivity index (χ0n) is 8.85. The van der Waals surface area contributed by atoms with Crippen LogP contribution < -0.4 is 4.90 Å². The fraction of sp³-hybridized carbons (Fsp3) is 0.545. The molecule has 0 aromatic carbocycles. The molecule has 2 heterocycles. The van der Waals surface area contributed by atoms with Crippen molar-refractivity contribution in [2.75, 3.05) is 18.0 Å². The van der Waals surface area contributed by atoms with Crippen molar-refractivity contribution >= 4 is 5.82 Å². The van der Waals surface area contributed by atoms with Crippen molar-refractivity contribution in [1.29, 1.82) is 5.26 Å². The van der Waals surface area contributed by atoms with E-state index in [0.29, 0.717) is 5.56 Å². The van der Waals surface area contributed by atoms with Gasteiger partial charge in [-0.3, -0.25) is 0 Å². The van der Waals surface area contributed by atoms with Crippen LogP contribution in [0.15, 0.2) is 12.3 Å². The van der Waals surface area contributed by atoms with Crippen LogP contribution >= 0.6 is 0 Å². The van der Waals surface area contributed by atoms with E-state index >= 15 is 0 Å². The summed E-state index contributed by atoms with van der Waals surface area (Å²) in [7, 11) is 0. The summed E-state index contributed by atoms with van der Waals surface area (Å²) in [5.41, 5.74) is 0.627. The molecule has 2 rings (SSSR count). The molecule has 1 aromatic heterocycles. The predicted octanol–water partition coefficient (Wildman–Crippen LogP) is 1.58. The molecule has 1 aromatic rings. The van der Waals surface area contributed by atoms with E-state index in [-0.39, 0.29) is 0 Å². The average Bonchev–Trinajstić information content (AvgIpc) is 2.77. The molecule has 4 heteroatoms. The molecule has 1 fully saturated rings. The van der Waals surface area contributed by atoms with E-state index in [2.05, 4.69) is 28.1 Å². The first-order valence-electron chi connectivity index (χ1n) is 5.32. The fourth-order valence-corrected chi connectivity index (χ4v) is 2.00. The van der Waals surface area contributed by atoms with Crippen molar-refractivity contribution in [3.05, 3.63) is 17.8 Å². The minimum atomic E-state index is 0.627. The van der Waals surface area contributed by atoms with Crippen molar-refractivity contribution in [3.63, 3.8) is 0 Å². The Kier molecular flexibility index (Phi) is 2.82. The van der Waals surface area contributed by atoms with Crippen LogP contribution in [0.4, 0.5) is 5.82 Å². The number of hydrogen-bond acceptors (Lipinski definition) is 4. The molecule has 1 atom stereocenters. The molecule has 0 aliphatic carbocycles. The van der Waals surface area contributed by atoms with Crippen molar-refractivity contribution in [2.24, 2.45) is 5.92 Å². The van der Waals surface area contributed by atoms with Crippen molar-refractivity contribution in [1.82, 2.24) is 10.2 Å². The molecule has 78 valence electrons. The Morgan fingerprint density at radius 1 is 1.67 bits per heavy atom. The second kappa shape index (κ2) is 4.26. The molecule has 4 nitrogen and oxygen atoms in total. The van der Waals surface area contributed by atoms with E-state index in [4.69, 9.17) is 5.26 Å². The number of nitrogens with zero attached hydrogens (tertiary/aromatic N) is 4. The minimum absolute atomic E-state index is 0.627. The van der Waals surface area contributed by atoms with E-state index in [1.54, 1.807) is 12.3 Å². The summed E-state index contributed by atoms with van der Waals surface area (Å²) in [6.07, 6.45) is 3.95. The van der Waals surface area contributed by atoms with Gasteiger partial charge in [-0.1, -0.05) is 13.3 Å². The van der Waals surface area contributed by atoms with Gasteiger partial charge < -0.3 is 4.90 Å². The summed E-state index contributed by atoms with van der Waals surface area (Å²) in [4.78, 5) is 2.17. The maximum Gasteiger partial charge on any atom is 0.169 e. The van der Waals surface area contributed by atoms with Crippen LogP contribution in [-0.4, -0.2) is 23.3 Å². The van der Waals surface area contributed by atoms with Gasteiger partial charge in [-0.2, -0.15) is 10.4 Å². The highest BCUT2D eigenvalue weighted by Gasteiger charge is 2.23. The first-order valence-corrected chi connectivity index (χ1v) is 5.32. The maximum absolute atomic E-state index is 8.96. The van der Waals surface area contributed by atoms with Crippen LogP contribution in [0, 0.1) is 17.2 Å². The summed E-state index contributed by atoms with van der Waals surface area (Å²) in [6.45, 7) is 4.20. The molecule has 0 spiro atoms. The van der Waals surface area contributed by atoms with Crippen LogP contribution in [0.3, 0.4) is 0 Å². The zero-order valence-corrected chi connectivity index (χ0v) is 8.85. The monoisotopic (exact) mass is 202 g/mol. The van der Waals surface area contributed by atoms with Gasteiger partial charge >= 0.3 is 0 Å². The van der Waals surface area contributed by atoms with Gasteiger partial charge in [-0.05, 0) is 18.4 Å². The molecule has 1 aliphatic heterocycles. The summed E-state index contributed by atoms with van der Waals surface area (Å²) < 4.78 is 0. The highest BCUT2D eigenvalue weighted by Crippen LogP contribution is 2.25. The lowest BCUT2D eigenvalue weighted by atomic mass is 10.1. The Balaban J connectivity index is 2.20. The molecule has 1 aliphatic rings. The Morgan fingerprint density at radius 2 is 2.53 bits per heavy atom. The number of hydrogen-bond donors (Lipinski definition) is 0. The van der Waals surface area contributed by atoms with Crippen LogP contribution in [0.5, 0.6) is 0 Å². The second-order valence-electron chi connectivity index (χ2n) is 3.89. The molecule has 1 saturated heterocycles. The molecule has 15 heavy (non-hydrogen) atoms. The average molecular weight is 202 g/mol. The van der Waals surface area contributed by atoms with Gasteiger partial charge in [-0.25, -0.2) is 0 Å². The van der Waals surface area contributed by atoms with Gasteiger partial charge in [0.1, 0.15) is 6.07 Å². The number of anilines is 1. The zero-order chi connectivity index (χ0) is 10.7. The molecular weight excluding hydrogens is 188 g/mol. The standard InChI is InChI=1S/C11H14N4/c1-2-9-4-6-15(8-9)11-10(7-12)3-5-13-14-11/h3,5,9H,2,4,6,8H2,1H3. The van der Waals surface area contributed by atoms with Gasteiger partial charge in [0.25, 0.3) is 0 Å². The Bertz CT molecular complexity index is 382. The van der Waals surface area contributed by atoms with E-state index in [0.717, 1.165) is 24.8 Å². The van der Waals surface area contributed by atoms with Gasteiger partial charge in [0.15, 0.2) is 5.82 Å². The number of nitriles is 1. The first-order chi connectivity index (χ1) is 7.35. The highest BCUT2D eigenvalue weighted by molar-refractivity contribution is 5.53. The maximum atomic E-state index is 8.96. The SMILES string of the molecule is CCC1CCN(c2nnccc2C#N)C1. The third kappa shape index (κ3) is 1.91. The summed E-state index contributed by atoms with van der Waals surface area (Å²) >= 11 is 0. The minimum Gasteiger partial charge on any atom is -0.354 e. The Labute approximate surface area is 89.5 Å². The summed E-state index contributed by atoms with van der Waals surface area (Å²) in [5, 5.41) is 16.9. The van der Waals surface area contributed by atoms with Crippen LogP contribution in [0.1, 0.15) is 25.3 Å². The normalized spacial score (nSPS) is 20.3. The highest BCUT2D eigenvalue weighted by atomic mass is 15.3. The summed E-state index contributed by atoms with van der Waals surface area (Å²) in [6, 6.07) is 3.88. The van der Waals surface area contributed by atoms with Crippen LogP contribution in [-0.2, 0) is 0 Å². The van der Waals surface area contributed by atoms with Gasteiger partial charge in [0.2, 0.25) is 0 Å². The third-order valence-electron chi connectivity index (χ3n) is 2.98. The molecule has 0 bridgehead atoms. The Hall–Kier alpha value is -1.63. The van der Waals surface area contributed by atoms with Gasteiger partial charge in [-0.15, -0.1) is 5.10 Å². The predicted molar refractivity (Wildman–Crippen MR) is 57.4 cm³/mol. The third-order valence-corrected chi connectivity index (χ3v) is 2.98. The molecule has 0 amide bonds. The number of aromatic nitrogens is 2. The first kappa shape index (κ1) is 9.91. The molecule has 1 unspecified atom stereocenters. The van der Waals surface area contributed by atoms with E-state index in [1.807, 2.05) is 0 Å². The smallest absolute Gasteiger partial charge is 0.169 e. The second-order valence-corrected chi connectivity index (χ2v) is 3.89. The van der Waals surface area contributed by atoms with Crippen LogP contribution in [0.2, 0.25) is 0 Å². The van der Waals surface area contributed by atoms with Gasteiger partial charge in [0.05, 0.1) is 11.8 Å². The fourth-order valence-electron chi connectivity index (χ4n) is 2.00. The molecule has 0 radical (unpaired) electrons. The van der Waals surface area contributed by atoms with Gasteiger partial charge in [0, 0.05) is 13.1 Å². The largest absolute Gasteiger partial charge is 0.354 e.